The third-order valence-electron chi connectivity index (χ3n) is 2.82. The monoisotopic (exact) mass is 270 g/mol. The summed E-state index contributed by atoms with van der Waals surface area (Å²) in [4.78, 5) is 0. The van der Waals surface area contributed by atoms with Crippen LogP contribution in [0.5, 0.6) is 0 Å². The molecule has 0 atom stereocenters. The van der Waals surface area contributed by atoms with Gasteiger partial charge in [-0.25, -0.2) is 0 Å². The van der Waals surface area contributed by atoms with Crippen LogP contribution in [0.3, 0.4) is 0 Å². The van der Waals surface area contributed by atoms with Crippen LogP contribution in [0.2, 0.25) is 0 Å². The Morgan fingerprint density at radius 1 is 1.33 bits per heavy atom. The minimum atomic E-state index is -0.508. The molecule has 1 aliphatic heterocycles. The molecule has 1 aromatic rings. The zero-order valence-corrected chi connectivity index (χ0v) is 10.6. The lowest BCUT2D eigenvalue weighted by atomic mass is 10.0. The van der Waals surface area contributed by atoms with Crippen molar-refractivity contribution in [3.05, 3.63) is 33.8 Å². The normalized spacial score (nSPS) is 19.4. The number of rotatable bonds is 2. The fraction of sp³-hybridized carbons (Fsp3) is 0.500. The van der Waals surface area contributed by atoms with E-state index in [2.05, 4.69) is 41.9 Å². The highest BCUT2D eigenvalue weighted by molar-refractivity contribution is 9.10. The van der Waals surface area contributed by atoms with Gasteiger partial charge in [0.25, 0.3) is 0 Å². The summed E-state index contributed by atoms with van der Waals surface area (Å²) in [6.45, 7) is 5.53. The number of benzene rings is 1. The molecule has 1 aromatic carbocycles. The van der Waals surface area contributed by atoms with E-state index in [-0.39, 0.29) is 0 Å². The molecule has 1 saturated heterocycles. The van der Waals surface area contributed by atoms with Crippen molar-refractivity contribution in [1.82, 2.24) is 0 Å². The molecule has 0 saturated carbocycles. The van der Waals surface area contributed by atoms with Crippen LogP contribution in [0.15, 0.2) is 22.7 Å². The zero-order chi connectivity index (χ0) is 10.9. The van der Waals surface area contributed by atoms with Gasteiger partial charge in [0, 0.05) is 16.5 Å². The summed E-state index contributed by atoms with van der Waals surface area (Å²) in [5.41, 5.74) is 2.32. The number of aryl methyl sites for hydroxylation is 1. The number of halogens is 1. The molecule has 1 aliphatic rings. The third-order valence-corrected chi connectivity index (χ3v) is 3.71. The van der Waals surface area contributed by atoms with Crippen molar-refractivity contribution in [2.75, 3.05) is 13.2 Å². The average Bonchev–Trinajstić information content (AvgIpc) is 2.72. The smallest absolute Gasteiger partial charge is 0.194 e. The lowest BCUT2D eigenvalue weighted by Gasteiger charge is -2.26. The molecule has 0 bridgehead atoms. The Morgan fingerprint density at radius 3 is 2.53 bits per heavy atom. The second-order valence-corrected chi connectivity index (χ2v) is 4.62. The molecule has 2 nitrogen and oxygen atoms in total. The predicted octanol–water partition coefficient (Wildman–Crippen LogP) is 3.37. The van der Waals surface area contributed by atoms with Crippen molar-refractivity contribution < 1.29 is 9.47 Å². The fourth-order valence-corrected chi connectivity index (χ4v) is 2.16. The number of hydrogen-bond donors (Lipinski definition) is 0. The second kappa shape index (κ2) is 4.24. The highest BCUT2D eigenvalue weighted by Crippen LogP contribution is 2.35. The van der Waals surface area contributed by atoms with E-state index in [9.17, 15) is 0 Å². The molecule has 3 heteroatoms. The van der Waals surface area contributed by atoms with Crippen LogP contribution in [0.4, 0.5) is 0 Å². The zero-order valence-electron chi connectivity index (χ0n) is 9.05. The molecule has 0 spiro atoms. The van der Waals surface area contributed by atoms with Gasteiger partial charge < -0.3 is 9.47 Å². The highest BCUT2D eigenvalue weighted by Gasteiger charge is 2.36. The maximum absolute atomic E-state index is 5.73. The molecule has 0 aromatic heterocycles. The molecule has 0 unspecified atom stereocenters. The molecule has 82 valence electrons. The fourth-order valence-electron chi connectivity index (χ4n) is 1.91. The molecule has 0 radical (unpaired) electrons. The number of ether oxygens (including phenoxy) is 2. The van der Waals surface area contributed by atoms with Crippen LogP contribution in [-0.2, 0) is 15.3 Å². The molecule has 1 heterocycles. The Balaban J connectivity index is 2.38. The maximum atomic E-state index is 5.73. The van der Waals surface area contributed by atoms with Crippen molar-refractivity contribution in [3.8, 4) is 0 Å². The largest absolute Gasteiger partial charge is 0.343 e. The summed E-state index contributed by atoms with van der Waals surface area (Å²) in [7, 11) is 0. The van der Waals surface area contributed by atoms with Gasteiger partial charge >= 0.3 is 0 Å². The van der Waals surface area contributed by atoms with Crippen LogP contribution in [-0.4, -0.2) is 13.2 Å². The summed E-state index contributed by atoms with van der Waals surface area (Å²) >= 11 is 3.50. The highest BCUT2D eigenvalue weighted by atomic mass is 79.9. The standard InChI is InChI=1S/C12H15BrO2/c1-3-12(14-6-7-15-12)10-4-5-11(13)9(2)8-10/h4-5,8H,3,6-7H2,1-2H3. The van der Waals surface area contributed by atoms with Crippen molar-refractivity contribution in [2.24, 2.45) is 0 Å². The van der Waals surface area contributed by atoms with Gasteiger partial charge in [0.2, 0.25) is 0 Å². The molecule has 0 N–H and O–H groups in total. The first kappa shape index (κ1) is 11.1. The molecule has 0 amide bonds. The Kier molecular flexibility index (Phi) is 3.14. The van der Waals surface area contributed by atoms with E-state index in [1.165, 1.54) is 5.56 Å². The van der Waals surface area contributed by atoms with Crippen molar-refractivity contribution in [3.63, 3.8) is 0 Å². The third kappa shape index (κ3) is 1.96. The Morgan fingerprint density at radius 2 is 2.00 bits per heavy atom. The quantitative estimate of drug-likeness (QED) is 0.821. The van der Waals surface area contributed by atoms with Gasteiger partial charge in [-0.2, -0.15) is 0 Å². The topological polar surface area (TPSA) is 18.5 Å². The van der Waals surface area contributed by atoms with E-state index < -0.39 is 5.79 Å². The van der Waals surface area contributed by atoms with Crippen LogP contribution >= 0.6 is 15.9 Å². The molecular weight excluding hydrogens is 256 g/mol. The lowest BCUT2D eigenvalue weighted by Crippen LogP contribution is -2.26. The van der Waals surface area contributed by atoms with E-state index in [0.717, 1.165) is 16.5 Å². The first-order chi connectivity index (χ1) is 7.18. The molecule has 2 rings (SSSR count). The second-order valence-electron chi connectivity index (χ2n) is 3.77. The van der Waals surface area contributed by atoms with Crippen LogP contribution in [0, 0.1) is 6.92 Å². The summed E-state index contributed by atoms with van der Waals surface area (Å²) in [5.74, 6) is -0.508. The first-order valence-corrected chi connectivity index (χ1v) is 6.02. The van der Waals surface area contributed by atoms with Gasteiger partial charge in [-0.15, -0.1) is 0 Å². The number of hydrogen-bond acceptors (Lipinski definition) is 2. The summed E-state index contributed by atoms with van der Waals surface area (Å²) in [6, 6.07) is 6.23. The molecular formula is C12H15BrO2. The molecule has 1 fully saturated rings. The summed E-state index contributed by atoms with van der Waals surface area (Å²) in [5, 5.41) is 0. The van der Waals surface area contributed by atoms with Gasteiger partial charge in [-0.1, -0.05) is 28.9 Å². The molecule has 15 heavy (non-hydrogen) atoms. The van der Waals surface area contributed by atoms with Gasteiger partial charge in [-0.05, 0) is 24.6 Å². The van der Waals surface area contributed by atoms with Crippen LogP contribution in [0.25, 0.3) is 0 Å². The lowest BCUT2D eigenvalue weighted by molar-refractivity contribution is -0.167. The van der Waals surface area contributed by atoms with Gasteiger partial charge in [0.1, 0.15) is 0 Å². The summed E-state index contributed by atoms with van der Waals surface area (Å²) in [6.07, 6.45) is 0.841. The first-order valence-electron chi connectivity index (χ1n) is 5.22. The van der Waals surface area contributed by atoms with Crippen molar-refractivity contribution in [1.29, 1.82) is 0 Å². The van der Waals surface area contributed by atoms with E-state index in [1.54, 1.807) is 0 Å². The predicted molar refractivity (Wildman–Crippen MR) is 62.8 cm³/mol. The van der Waals surface area contributed by atoms with Gasteiger partial charge in [-0.3, -0.25) is 0 Å². The van der Waals surface area contributed by atoms with Crippen molar-refractivity contribution >= 4 is 15.9 Å². The van der Waals surface area contributed by atoms with Crippen LogP contribution < -0.4 is 0 Å². The Labute approximate surface area is 98.7 Å². The SMILES string of the molecule is CCC1(c2ccc(Br)c(C)c2)OCCO1. The van der Waals surface area contributed by atoms with E-state index >= 15 is 0 Å². The maximum Gasteiger partial charge on any atom is 0.194 e. The van der Waals surface area contributed by atoms with E-state index in [0.29, 0.717) is 13.2 Å². The Bertz CT molecular complexity index is 357. The van der Waals surface area contributed by atoms with Gasteiger partial charge in [0.15, 0.2) is 5.79 Å². The Hall–Kier alpha value is -0.380. The van der Waals surface area contributed by atoms with Crippen LogP contribution in [0.1, 0.15) is 24.5 Å². The van der Waals surface area contributed by atoms with E-state index in [4.69, 9.17) is 9.47 Å². The molecule has 0 aliphatic carbocycles. The van der Waals surface area contributed by atoms with E-state index in [1.807, 2.05) is 6.07 Å². The minimum Gasteiger partial charge on any atom is -0.343 e. The average molecular weight is 271 g/mol. The van der Waals surface area contributed by atoms with Crippen molar-refractivity contribution in [2.45, 2.75) is 26.1 Å². The summed E-state index contributed by atoms with van der Waals surface area (Å²) < 4.78 is 12.6. The van der Waals surface area contributed by atoms with Gasteiger partial charge in [0.05, 0.1) is 13.2 Å². The minimum absolute atomic E-state index is 0.508.